The quantitative estimate of drug-likeness (QED) is 0.327. The van der Waals surface area contributed by atoms with Crippen LogP contribution in [0.25, 0.3) is 11.8 Å². The Morgan fingerprint density at radius 1 is 1.00 bits per heavy atom. The van der Waals surface area contributed by atoms with Crippen LogP contribution in [0.2, 0.25) is 0 Å². The Bertz CT molecular complexity index is 1720. The molecule has 2 atom stereocenters. The van der Waals surface area contributed by atoms with Crippen LogP contribution in [-0.4, -0.2) is 45.7 Å². The maximum Gasteiger partial charge on any atom is 0.416 e. The van der Waals surface area contributed by atoms with Crippen molar-refractivity contribution in [1.29, 1.82) is 0 Å². The monoisotopic (exact) mass is 584 g/mol. The number of pyridine rings is 1. The van der Waals surface area contributed by atoms with Gasteiger partial charge >= 0.3 is 6.18 Å². The lowest BCUT2D eigenvalue weighted by molar-refractivity contribution is -0.137. The molecule has 2 aliphatic rings. The second-order valence-electron chi connectivity index (χ2n) is 10.2. The molecule has 7 nitrogen and oxygen atoms in total. The summed E-state index contributed by atoms with van der Waals surface area (Å²) in [5.41, 5.74) is 1.43. The maximum atomic E-state index is 13.7. The minimum atomic E-state index is -4.59. The number of hydrogen-bond acceptors (Lipinski definition) is 5. The molecule has 1 N–H and O–H groups in total. The van der Waals surface area contributed by atoms with E-state index >= 15 is 0 Å². The lowest BCUT2D eigenvalue weighted by Crippen LogP contribution is -2.52. The highest BCUT2D eigenvalue weighted by Crippen LogP contribution is 2.52. The molecule has 2 aromatic heterocycles. The van der Waals surface area contributed by atoms with Crippen molar-refractivity contribution in [2.24, 2.45) is 5.41 Å². The van der Waals surface area contributed by atoms with Crippen LogP contribution in [0.4, 0.5) is 17.6 Å². The normalized spacial score (nSPS) is 20.2. The van der Waals surface area contributed by atoms with Gasteiger partial charge < -0.3 is 5.11 Å². The fourth-order valence-electron chi connectivity index (χ4n) is 5.74. The molecule has 0 radical (unpaired) electrons. The molecule has 0 amide bonds. The second kappa shape index (κ2) is 9.89. The third kappa shape index (κ3) is 4.75. The Hall–Kier alpha value is -3.87. The number of aliphatic hydroxyl groups is 1. The zero-order valence-electron chi connectivity index (χ0n) is 21.5. The minimum Gasteiger partial charge on any atom is -0.387 e. The van der Waals surface area contributed by atoms with E-state index in [0.717, 1.165) is 41.1 Å². The molecule has 1 aliphatic heterocycles. The number of benzene rings is 2. The summed E-state index contributed by atoms with van der Waals surface area (Å²) in [7, 11) is -4.19. The zero-order valence-corrected chi connectivity index (χ0v) is 22.3. The van der Waals surface area contributed by atoms with Gasteiger partial charge in [0.15, 0.2) is 0 Å². The molecule has 0 unspecified atom stereocenters. The standard InChI is InChI=1S/C29H24F4N4O3S/c30-23-5-7-24(8-6-23)37-26-14-22-11-13-36(41(39,40)25-9-3-21(4-10-25)29(31,32)33)18-28(22,15-20(26)17-35-37)27(38)19-2-1-12-34-16-19/h1-10,12,14,16-17,27,38H,11,13,15,18H2/t27-,28-/m0/s1. The Morgan fingerprint density at radius 2 is 1.73 bits per heavy atom. The molecule has 0 bridgehead atoms. The maximum absolute atomic E-state index is 13.7. The number of alkyl halides is 3. The van der Waals surface area contributed by atoms with Crippen LogP contribution < -0.4 is 0 Å². The molecule has 212 valence electrons. The molecule has 0 saturated carbocycles. The first-order chi connectivity index (χ1) is 19.5. The number of halogens is 4. The fourth-order valence-corrected chi connectivity index (χ4v) is 7.25. The first-order valence-corrected chi connectivity index (χ1v) is 14.2. The van der Waals surface area contributed by atoms with Crippen LogP contribution in [0, 0.1) is 11.2 Å². The van der Waals surface area contributed by atoms with Gasteiger partial charge in [-0.05, 0) is 84.6 Å². The molecule has 41 heavy (non-hydrogen) atoms. The first kappa shape index (κ1) is 27.3. The molecule has 0 spiro atoms. The van der Waals surface area contributed by atoms with E-state index in [4.69, 9.17) is 0 Å². The van der Waals surface area contributed by atoms with E-state index in [2.05, 4.69) is 10.1 Å². The first-order valence-electron chi connectivity index (χ1n) is 12.8. The molecular weight excluding hydrogens is 560 g/mol. The van der Waals surface area contributed by atoms with Crippen molar-refractivity contribution in [3.05, 3.63) is 113 Å². The van der Waals surface area contributed by atoms with E-state index in [1.807, 2.05) is 6.08 Å². The third-order valence-electron chi connectivity index (χ3n) is 7.85. The molecule has 2 aromatic carbocycles. The minimum absolute atomic E-state index is 0.0662. The van der Waals surface area contributed by atoms with E-state index < -0.39 is 33.3 Å². The van der Waals surface area contributed by atoms with Crippen LogP contribution in [0.15, 0.2) is 89.7 Å². The van der Waals surface area contributed by atoms with Crippen molar-refractivity contribution in [1.82, 2.24) is 19.1 Å². The summed E-state index contributed by atoms with van der Waals surface area (Å²) >= 11 is 0. The molecule has 6 rings (SSSR count). The van der Waals surface area contributed by atoms with Crippen molar-refractivity contribution >= 4 is 16.1 Å². The summed E-state index contributed by atoms with van der Waals surface area (Å²) in [5.74, 6) is -0.381. The van der Waals surface area contributed by atoms with Gasteiger partial charge in [-0.25, -0.2) is 17.5 Å². The number of aromatic nitrogens is 3. The predicted molar refractivity (Wildman–Crippen MR) is 142 cm³/mol. The number of piperidine rings is 1. The lowest BCUT2D eigenvalue weighted by Gasteiger charge is -2.48. The summed E-state index contributed by atoms with van der Waals surface area (Å²) in [5, 5.41) is 16.3. The fraction of sp³-hybridized carbons (Fsp3) is 0.241. The summed E-state index contributed by atoms with van der Waals surface area (Å²) in [6.45, 7) is -0.0455. The molecule has 1 saturated heterocycles. The van der Waals surface area contributed by atoms with Crippen LogP contribution >= 0.6 is 0 Å². The van der Waals surface area contributed by atoms with Gasteiger partial charge in [0.1, 0.15) is 5.82 Å². The van der Waals surface area contributed by atoms with Gasteiger partial charge in [0.2, 0.25) is 10.0 Å². The third-order valence-corrected chi connectivity index (χ3v) is 9.71. The summed E-state index contributed by atoms with van der Waals surface area (Å²) in [6, 6.07) is 12.7. The van der Waals surface area contributed by atoms with Crippen molar-refractivity contribution in [2.45, 2.75) is 30.0 Å². The van der Waals surface area contributed by atoms with Crippen LogP contribution in [0.3, 0.4) is 0 Å². The average Bonchev–Trinajstić information content (AvgIpc) is 3.37. The molecule has 4 aromatic rings. The highest BCUT2D eigenvalue weighted by atomic mass is 32.2. The summed E-state index contributed by atoms with van der Waals surface area (Å²) < 4.78 is 83.0. The van der Waals surface area contributed by atoms with Crippen molar-refractivity contribution < 1.29 is 31.1 Å². The van der Waals surface area contributed by atoms with Crippen LogP contribution in [0.5, 0.6) is 0 Å². The SMILES string of the molecule is O=S(=O)(c1ccc(C(F)(F)F)cc1)N1CCC2=Cc3c(cnn3-c3ccc(F)cc3)C[C@]2([C@@H](O)c2cccnc2)C1. The Balaban J connectivity index is 1.41. The summed E-state index contributed by atoms with van der Waals surface area (Å²) in [4.78, 5) is 3.86. The van der Waals surface area contributed by atoms with E-state index in [-0.39, 0.29) is 36.6 Å². The highest BCUT2D eigenvalue weighted by Gasteiger charge is 2.50. The highest BCUT2D eigenvalue weighted by molar-refractivity contribution is 7.89. The molecular formula is C29H24F4N4O3S. The topological polar surface area (TPSA) is 88.3 Å². The van der Waals surface area contributed by atoms with Gasteiger partial charge in [-0.15, -0.1) is 0 Å². The Labute approximate surface area is 233 Å². The molecule has 1 aliphatic carbocycles. The Kier molecular flexibility index (Phi) is 6.59. The molecule has 3 heterocycles. The van der Waals surface area contributed by atoms with E-state index in [1.54, 1.807) is 41.3 Å². The van der Waals surface area contributed by atoms with Crippen molar-refractivity contribution in [3.63, 3.8) is 0 Å². The smallest absolute Gasteiger partial charge is 0.387 e. The number of hydrogen-bond donors (Lipinski definition) is 1. The Morgan fingerprint density at radius 3 is 2.39 bits per heavy atom. The second-order valence-corrected chi connectivity index (χ2v) is 12.2. The van der Waals surface area contributed by atoms with Gasteiger partial charge in [0.25, 0.3) is 0 Å². The van der Waals surface area contributed by atoms with Gasteiger partial charge in [-0.3, -0.25) is 4.98 Å². The van der Waals surface area contributed by atoms with Gasteiger partial charge in [0, 0.05) is 30.9 Å². The molecule has 1 fully saturated rings. The van der Waals surface area contributed by atoms with Crippen molar-refractivity contribution in [2.75, 3.05) is 13.1 Å². The van der Waals surface area contributed by atoms with Crippen molar-refractivity contribution in [3.8, 4) is 5.69 Å². The number of nitrogens with zero attached hydrogens (tertiary/aromatic N) is 4. The van der Waals surface area contributed by atoms with Crippen LogP contribution in [-0.2, 0) is 22.6 Å². The van der Waals surface area contributed by atoms with E-state index in [1.165, 1.54) is 22.6 Å². The largest absolute Gasteiger partial charge is 0.416 e. The predicted octanol–water partition coefficient (Wildman–Crippen LogP) is 5.18. The molecule has 12 heteroatoms. The van der Waals surface area contributed by atoms with E-state index in [9.17, 15) is 31.1 Å². The van der Waals surface area contributed by atoms with Gasteiger partial charge in [-0.1, -0.05) is 11.6 Å². The van der Waals surface area contributed by atoms with Gasteiger partial charge in [0.05, 0.1) is 34.1 Å². The van der Waals surface area contributed by atoms with Gasteiger partial charge in [-0.2, -0.15) is 22.6 Å². The summed E-state index contributed by atoms with van der Waals surface area (Å²) in [6.07, 6.45) is 1.41. The van der Waals surface area contributed by atoms with Crippen LogP contribution in [0.1, 0.15) is 34.9 Å². The number of rotatable bonds is 5. The lowest BCUT2D eigenvalue weighted by atomic mass is 9.64. The zero-order chi connectivity index (χ0) is 29.0. The number of sulfonamides is 1. The number of fused-ring (bicyclic) bond motifs is 2. The average molecular weight is 585 g/mol. The number of aliphatic hydroxyl groups excluding tert-OH is 1. The van der Waals surface area contributed by atoms with E-state index in [0.29, 0.717) is 11.3 Å².